The van der Waals surface area contributed by atoms with Crippen LogP contribution < -0.4 is 15.4 Å². The van der Waals surface area contributed by atoms with Gasteiger partial charge in [0, 0.05) is 48.8 Å². The van der Waals surface area contributed by atoms with E-state index in [9.17, 15) is 27.2 Å². The number of anilines is 2. The number of benzene rings is 2. The van der Waals surface area contributed by atoms with Gasteiger partial charge in [-0.3, -0.25) is 9.20 Å². The van der Waals surface area contributed by atoms with E-state index in [0.29, 0.717) is 66.5 Å². The predicted octanol–water partition coefficient (Wildman–Crippen LogP) is 6.42. The van der Waals surface area contributed by atoms with Gasteiger partial charge >= 0.3 is 12.7 Å². The van der Waals surface area contributed by atoms with Crippen LogP contribution in [0.4, 0.5) is 33.9 Å². The zero-order valence-electron chi connectivity index (χ0n) is 26.2. The Hall–Kier alpha value is -4.88. The van der Waals surface area contributed by atoms with Crippen LogP contribution in [0, 0.1) is 29.4 Å². The molecule has 2 N–H and O–H groups in total. The molecular formula is C33H34F4N6O4. The van der Waals surface area contributed by atoms with Gasteiger partial charge in [0.1, 0.15) is 5.60 Å². The van der Waals surface area contributed by atoms with Gasteiger partial charge in [-0.2, -0.15) is 13.2 Å². The number of carbonyl (C=O) groups is 2. The number of halogens is 4. The highest BCUT2D eigenvalue weighted by molar-refractivity contribution is 5.96. The molecule has 2 amide bonds. The number of fused-ring (bicyclic) bond motifs is 2. The first kappa shape index (κ1) is 32.1. The van der Waals surface area contributed by atoms with Crippen LogP contribution in [-0.2, 0) is 11.2 Å². The quantitative estimate of drug-likeness (QED) is 0.200. The van der Waals surface area contributed by atoms with E-state index in [4.69, 9.17) is 4.74 Å². The van der Waals surface area contributed by atoms with Gasteiger partial charge in [0.2, 0.25) is 5.82 Å². The Bertz CT molecular complexity index is 1830. The maximum Gasteiger partial charge on any atom is 0.410 e. The number of piperidine rings is 1. The Labute approximate surface area is 268 Å². The van der Waals surface area contributed by atoms with Crippen molar-refractivity contribution in [3.05, 3.63) is 71.7 Å². The van der Waals surface area contributed by atoms with Crippen molar-refractivity contribution in [1.82, 2.24) is 24.6 Å². The number of alkyl halides is 2. The summed E-state index contributed by atoms with van der Waals surface area (Å²) in [5, 5.41) is 6.24. The number of aryl methyl sites for hydroxylation is 1. The SMILES string of the molecule is CCc1cc(Nc2nccn3c(-c4ccc(OC(F)F)c(F)c4F)cnc23)ccc1C(=O)NCC1C2CN(C(=O)OC(C)(C)C)CC12. The van der Waals surface area contributed by atoms with Gasteiger partial charge < -0.3 is 25.0 Å². The zero-order chi connectivity index (χ0) is 33.6. The molecule has 1 aliphatic heterocycles. The van der Waals surface area contributed by atoms with Crippen molar-refractivity contribution in [3.63, 3.8) is 0 Å². The largest absolute Gasteiger partial charge is 0.444 e. The molecule has 2 aromatic heterocycles. The van der Waals surface area contributed by atoms with E-state index in [-0.39, 0.29) is 23.3 Å². The lowest BCUT2D eigenvalue weighted by Crippen LogP contribution is -2.38. The molecule has 2 aromatic carbocycles. The van der Waals surface area contributed by atoms with Crippen LogP contribution in [0.1, 0.15) is 43.6 Å². The number of amides is 2. The Kier molecular flexibility index (Phi) is 8.45. The van der Waals surface area contributed by atoms with Crippen LogP contribution in [0.3, 0.4) is 0 Å². The van der Waals surface area contributed by atoms with Crippen LogP contribution in [-0.4, -0.2) is 63.1 Å². The molecule has 4 aromatic rings. The number of ether oxygens (including phenoxy) is 2. The number of likely N-dealkylation sites (tertiary alicyclic amines) is 1. The number of nitrogens with one attached hydrogen (secondary N) is 2. The lowest BCUT2D eigenvalue weighted by atomic mass is 10.0. The van der Waals surface area contributed by atoms with Crippen LogP contribution in [0.2, 0.25) is 0 Å². The topological polar surface area (TPSA) is 110 Å². The van der Waals surface area contributed by atoms with Gasteiger partial charge in [0.05, 0.1) is 11.9 Å². The third-order valence-corrected chi connectivity index (χ3v) is 8.48. The standard InChI is InChI=1S/C33H34F4N6O4/c1-5-17-12-18(6-7-19(17)30(44)40-13-21-22-15-42(16-23(21)22)32(45)47-33(2,3)4)41-28-29-39-14-24(43(29)11-10-38-28)20-8-9-25(46-31(36)37)27(35)26(20)34/h6-12,14,21-23,31H,5,13,15-16H2,1-4H3,(H,38,41)(H,40,44). The Morgan fingerprint density at radius 1 is 1.06 bits per heavy atom. The number of hydrogen-bond donors (Lipinski definition) is 2. The van der Waals surface area contributed by atoms with Crippen molar-refractivity contribution >= 4 is 29.2 Å². The van der Waals surface area contributed by atoms with Crippen molar-refractivity contribution in [2.45, 2.75) is 46.3 Å². The van der Waals surface area contributed by atoms with Gasteiger partial charge in [-0.15, -0.1) is 0 Å². The van der Waals surface area contributed by atoms with E-state index >= 15 is 0 Å². The van der Waals surface area contributed by atoms with E-state index in [1.165, 1.54) is 23.0 Å². The predicted molar refractivity (Wildman–Crippen MR) is 165 cm³/mol. The van der Waals surface area contributed by atoms with E-state index in [1.807, 2.05) is 33.8 Å². The van der Waals surface area contributed by atoms with Crippen molar-refractivity contribution in [1.29, 1.82) is 0 Å². The van der Waals surface area contributed by atoms with Crippen molar-refractivity contribution in [3.8, 4) is 17.0 Å². The van der Waals surface area contributed by atoms with Gasteiger partial charge in [-0.1, -0.05) is 6.92 Å². The highest BCUT2D eigenvalue weighted by atomic mass is 19.3. The summed E-state index contributed by atoms with van der Waals surface area (Å²) in [5.74, 6) is -2.62. The summed E-state index contributed by atoms with van der Waals surface area (Å²) in [5.41, 5.74) is 1.71. The van der Waals surface area contributed by atoms with Crippen molar-refractivity contribution < 1.29 is 36.6 Å². The smallest absolute Gasteiger partial charge is 0.410 e. The Morgan fingerprint density at radius 3 is 2.49 bits per heavy atom. The molecule has 2 unspecified atom stereocenters. The minimum atomic E-state index is -3.30. The molecule has 6 rings (SSSR count). The summed E-state index contributed by atoms with van der Waals surface area (Å²) in [6, 6.07) is 7.38. The highest BCUT2D eigenvalue weighted by Crippen LogP contribution is 2.51. The highest BCUT2D eigenvalue weighted by Gasteiger charge is 2.56. The maximum atomic E-state index is 14.9. The number of nitrogens with zero attached hydrogens (tertiary/aromatic N) is 4. The average Bonchev–Trinajstić information content (AvgIpc) is 3.32. The third kappa shape index (κ3) is 6.54. The molecule has 0 bridgehead atoms. The molecule has 3 heterocycles. The molecule has 10 nitrogen and oxygen atoms in total. The summed E-state index contributed by atoms with van der Waals surface area (Å²) in [6.45, 7) is 5.96. The lowest BCUT2D eigenvalue weighted by molar-refractivity contribution is -0.0525. The normalized spacial score (nSPS) is 18.7. The minimum Gasteiger partial charge on any atom is -0.444 e. The molecule has 248 valence electrons. The summed E-state index contributed by atoms with van der Waals surface area (Å²) in [6.07, 6.45) is 4.57. The third-order valence-electron chi connectivity index (χ3n) is 8.48. The van der Waals surface area contributed by atoms with Gasteiger partial charge in [0.25, 0.3) is 5.91 Å². The van der Waals surface area contributed by atoms with Crippen LogP contribution >= 0.6 is 0 Å². The second-order valence-electron chi connectivity index (χ2n) is 12.7. The number of rotatable bonds is 9. The Morgan fingerprint density at radius 2 is 1.81 bits per heavy atom. The molecule has 47 heavy (non-hydrogen) atoms. The lowest BCUT2D eigenvalue weighted by Gasteiger charge is -2.26. The fourth-order valence-electron chi connectivity index (χ4n) is 6.18. The molecule has 2 fully saturated rings. The summed E-state index contributed by atoms with van der Waals surface area (Å²) in [7, 11) is 0. The van der Waals surface area contributed by atoms with Crippen molar-refractivity contribution in [2.75, 3.05) is 25.0 Å². The molecule has 2 aliphatic rings. The van der Waals surface area contributed by atoms with E-state index in [0.717, 1.165) is 17.7 Å². The summed E-state index contributed by atoms with van der Waals surface area (Å²) < 4.78 is 65.4. The second-order valence-corrected chi connectivity index (χ2v) is 12.7. The fraction of sp³-hybridized carbons (Fsp3) is 0.394. The summed E-state index contributed by atoms with van der Waals surface area (Å²) >= 11 is 0. The van der Waals surface area contributed by atoms with Crippen LogP contribution in [0.25, 0.3) is 16.9 Å². The van der Waals surface area contributed by atoms with E-state index < -0.39 is 29.6 Å². The fourth-order valence-corrected chi connectivity index (χ4v) is 6.18. The molecule has 0 spiro atoms. The van der Waals surface area contributed by atoms with Crippen molar-refractivity contribution in [2.24, 2.45) is 17.8 Å². The molecule has 1 saturated carbocycles. The number of imidazole rings is 1. The Balaban J connectivity index is 1.11. The van der Waals surface area contributed by atoms with E-state index in [1.54, 1.807) is 17.0 Å². The molecule has 2 atom stereocenters. The first-order valence-electron chi connectivity index (χ1n) is 15.3. The van der Waals surface area contributed by atoms with Gasteiger partial charge in [-0.25, -0.2) is 19.2 Å². The maximum absolute atomic E-state index is 14.9. The van der Waals surface area contributed by atoms with Crippen LogP contribution in [0.5, 0.6) is 5.75 Å². The number of carbonyl (C=O) groups excluding carboxylic acids is 2. The number of hydrogen-bond acceptors (Lipinski definition) is 7. The molecule has 14 heteroatoms. The molecule has 1 aliphatic carbocycles. The monoisotopic (exact) mass is 654 g/mol. The average molecular weight is 655 g/mol. The first-order valence-corrected chi connectivity index (χ1v) is 15.3. The summed E-state index contributed by atoms with van der Waals surface area (Å²) in [4.78, 5) is 35.9. The minimum absolute atomic E-state index is 0.170. The molecule has 0 radical (unpaired) electrons. The molecular weight excluding hydrogens is 620 g/mol. The van der Waals surface area contributed by atoms with E-state index in [2.05, 4.69) is 25.3 Å². The van der Waals surface area contributed by atoms with Crippen LogP contribution in [0.15, 0.2) is 48.9 Å². The van der Waals surface area contributed by atoms with Gasteiger partial charge in [0.15, 0.2) is 23.0 Å². The van der Waals surface area contributed by atoms with Gasteiger partial charge in [-0.05, 0) is 80.8 Å². The number of aromatic nitrogens is 3. The first-order chi connectivity index (χ1) is 22.3. The zero-order valence-corrected chi connectivity index (χ0v) is 26.2. The molecule has 1 saturated heterocycles. The second kappa shape index (κ2) is 12.4.